The average Bonchev–Trinajstić information content (AvgIpc) is 2.44. The van der Waals surface area contributed by atoms with Gasteiger partial charge in [-0.15, -0.1) is 0 Å². The molecular weight excluding hydrogens is 270 g/mol. The van der Waals surface area contributed by atoms with E-state index in [-0.39, 0.29) is 12.1 Å². The summed E-state index contributed by atoms with van der Waals surface area (Å²) >= 11 is 0. The van der Waals surface area contributed by atoms with Crippen LogP contribution in [-0.4, -0.2) is 17.2 Å². The van der Waals surface area contributed by atoms with Gasteiger partial charge in [-0.2, -0.15) is 0 Å². The van der Waals surface area contributed by atoms with Gasteiger partial charge >= 0.3 is 7.12 Å². The fourth-order valence-corrected chi connectivity index (χ4v) is 2.18. The van der Waals surface area contributed by atoms with Crippen LogP contribution in [-0.2, 0) is 6.61 Å². The number of hydrogen-bond acceptors (Lipinski definition) is 3. The normalized spacial score (nSPS) is 10.6. The van der Waals surface area contributed by atoms with Crippen molar-refractivity contribution in [1.29, 1.82) is 0 Å². The summed E-state index contributed by atoms with van der Waals surface area (Å²) in [6.07, 6.45) is 0. The maximum Gasteiger partial charge on any atom is 0.491 e. The highest BCUT2D eigenvalue weighted by Gasteiger charge is 2.17. The zero-order valence-electron chi connectivity index (χ0n) is 12.4. The molecule has 110 valence electrons. The standard InChI is InChI=1S/C16H18BFO3/c1-10-4-5-11(2)16(12(10)3)21-9-13-6-7-15(18)14(8-13)17(19)20/h4-8,19-20H,9H2,1-3H3. The third-order valence-corrected chi connectivity index (χ3v) is 3.60. The van der Waals surface area contributed by atoms with Gasteiger partial charge in [-0.05, 0) is 49.1 Å². The lowest BCUT2D eigenvalue weighted by Gasteiger charge is -2.14. The average molecular weight is 288 g/mol. The van der Waals surface area contributed by atoms with Gasteiger partial charge < -0.3 is 14.8 Å². The SMILES string of the molecule is Cc1ccc(C)c(OCc2ccc(F)c(B(O)O)c2)c1C. The van der Waals surface area contributed by atoms with Gasteiger partial charge in [0.05, 0.1) is 0 Å². The Morgan fingerprint density at radius 2 is 1.71 bits per heavy atom. The zero-order chi connectivity index (χ0) is 15.6. The highest BCUT2D eigenvalue weighted by Crippen LogP contribution is 2.26. The molecular formula is C16H18BFO3. The Labute approximate surface area is 124 Å². The van der Waals surface area contributed by atoms with Gasteiger partial charge in [0.25, 0.3) is 0 Å². The van der Waals surface area contributed by atoms with Gasteiger partial charge in [-0.3, -0.25) is 0 Å². The van der Waals surface area contributed by atoms with Crippen LogP contribution in [0, 0.1) is 26.6 Å². The minimum absolute atomic E-state index is 0.145. The molecule has 0 unspecified atom stereocenters. The number of hydrogen-bond donors (Lipinski definition) is 2. The first-order valence-electron chi connectivity index (χ1n) is 6.74. The summed E-state index contributed by atoms with van der Waals surface area (Å²) in [5.41, 5.74) is 3.77. The summed E-state index contributed by atoms with van der Waals surface area (Å²) in [5.74, 6) is 0.169. The molecule has 0 aromatic heterocycles. The molecule has 0 heterocycles. The molecule has 3 nitrogen and oxygen atoms in total. The van der Waals surface area contributed by atoms with Gasteiger partial charge in [-0.25, -0.2) is 4.39 Å². The lowest BCUT2D eigenvalue weighted by Crippen LogP contribution is -2.33. The minimum atomic E-state index is -1.83. The van der Waals surface area contributed by atoms with Crippen LogP contribution in [0.2, 0.25) is 0 Å². The van der Waals surface area contributed by atoms with Gasteiger partial charge in [0.2, 0.25) is 0 Å². The first-order valence-corrected chi connectivity index (χ1v) is 6.74. The van der Waals surface area contributed by atoms with E-state index >= 15 is 0 Å². The lowest BCUT2D eigenvalue weighted by molar-refractivity contribution is 0.301. The molecule has 21 heavy (non-hydrogen) atoms. The fraction of sp³-hybridized carbons (Fsp3) is 0.250. The summed E-state index contributed by atoms with van der Waals surface area (Å²) in [6.45, 7) is 6.21. The van der Waals surface area contributed by atoms with Gasteiger partial charge in [-0.1, -0.05) is 24.3 Å². The second-order valence-corrected chi connectivity index (χ2v) is 5.17. The van der Waals surface area contributed by atoms with E-state index < -0.39 is 12.9 Å². The van der Waals surface area contributed by atoms with Crippen molar-refractivity contribution in [3.05, 3.63) is 58.4 Å². The number of halogens is 1. The smallest absolute Gasteiger partial charge is 0.488 e. The van der Waals surface area contributed by atoms with Crippen molar-refractivity contribution in [1.82, 2.24) is 0 Å². The quantitative estimate of drug-likeness (QED) is 0.846. The maximum absolute atomic E-state index is 13.4. The van der Waals surface area contributed by atoms with Crippen molar-refractivity contribution in [2.45, 2.75) is 27.4 Å². The van der Waals surface area contributed by atoms with E-state index in [9.17, 15) is 4.39 Å². The minimum Gasteiger partial charge on any atom is -0.488 e. The molecule has 2 N–H and O–H groups in total. The molecule has 2 aromatic rings. The summed E-state index contributed by atoms with van der Waals surface area (Å²) in [4.78, 5) is 0. The molecule has 2 aromatic carbocycles. The predicted octanol–water partition coefficient (Wildman–Crippen LogP) is 2.01. The van der Waals surface area contributed by atoms with E-state index in [0.717, 1.165) is 22.4 Å². The first-order chi connectivity index (χ1) is 9.90. The number of ether oxygens (including phenoxy) is 1. The molecule has 0 saturated heterocycles. The van der Waals surface area contributed by atoms with Crippen LogP contribution in [0.4, 0.5) is 4.39 Å². The second kappa shape index (κ2) is 6.29. The molecule has 0 aliphatic heterocycles. The Hall–Kier alpha value is -1.85. The van der Waals surface area contributed by atoms with E-state index in [2.05, 4.69) is 0 Å². The highest BCUT2D eigenvalue weighted by molar-refractivity contribution is 6.58. The third kappa shape index (κ3) is 3.43. The van der Waals surface area contributed by atoms with E-state index in [1.54, 1.807) is 6.07 Å². The van der Waals surface area contributed by atoms with Crippen LogP contribution in [0.15, 0.2) is 30.3 Å². The number of benzene rings is 2. The number of aryl methyl sites for hydroxylation is 2. The number of rotatable bonds is 4. The van der Waals surface area contributed by atoms with Crippen LogP contribution >= 0.6 is 0 Å². The summed E-state index contributed by atoms with van der Waals surface area (Å²) < 4.78 is 19.2. The Bertz CT molecular complexity index is 656. The topological polar surface area (TPSA) is 49.7 Å². The molecule has 0 aliphatic carbocycles. The molecule has 0 saturated carbocycles. The molecule has 0 bridgehead atoms. The predicted molar refractivity (Wildman–Crippen MR) is 81.2 cm³/mol. The maximum atomic E-state index is 13.4. The fourth-order valence-electron chi connectivity index (χ4n) is 2.18. The Balaban J connectivity index is 2.21. The van der Waals surface area contributed by atoms with Crippen LogP contribution in [0.3, 0.4) is 0 Å². The Morgan fingerprint density at radius 1 is 1.05 bits per heavy atom. The van der Waals surface area contributed by atoms with Crippen molar-refractivity contribution in [3.63, 3.8) is 0 Å². The van der Waals surface area contributed by atoms with Crippen LogP contribution in [0.5, 0.6) is 5.75 Å². The monoisotopic (exact) mass is 288 g/mol. The van der Waals surface area contributed by atoms with Crippen molar-refractivity contribution < 1.29 is 19.2 Å². The summed E-state index contributed by atoms with van der Waals surface area (Å²) in [5, 5.41) is 18.2. The Morgan fingerprint density at radius 3 is 2.38 bits per heavy atom. The molecule has 0 aliphatic rings. The van der Waals surface area contributed by atoms with Gasteiger partial charge in [0.1, 0.15) is 18.2 Å². The molecule has 0 atom stereocenters. The molecule has 0 radical (unpaired) electrons. The second-order valence-electron chi connectivity index (χ2n) is 5.17. The van der Waals surface area contributed by atoms with E-state index in [4.69, 9.17) is 14.8 Å². The van der Waals surface area contributed by atoms with E-state index in [0.29, 0.717) is 5.56 Å². The lowest BCUT2D eigenvalue weighted by atomic mass is 9.79. The Kier molecular flexibility index (Phi) is 4.65. The van der Waals surface area contributed by atoms with E-state index in [1.807, 2.05) is 32.9 Å². The third-order valence-electron chi connectivity index (χ3n) is 3.60. The summed E-state index contributed by atoms with van der Waals surface area (Å²) in [6, 6.07) is 8.21. The summed E-state index contributed by atoms with van der Waals surface area (Å²) in [7, 11) is -1.83. The molecule has 0 fully saturated rings. The van der Waals surface area contributed by atoms with Crippen LogP contribution in [0.25, 0.3) is 0 Å². The molecule has 2 rings (SSSR count). The molecule has 0 spiro atoms. The largest absolute Gasteiger partial charge is 0.491 e. The van der Waals surface area contributed by atoms with E-state index in [1.165, 1.54) is 12.1 Å². The van der Waals surface area contributed by atoms with Crippen molar-refractivity contribution >= 4 is 12.6 Å². The zero-order valence-corrected chi connectivity index (χ0v) is 12.4. The van der Waals surface area contributed by atoms with Crippen molar-refractivity contribution in [2.24, 2.45) is 0 Å². The van der Waals surface area contributed by atoms with Crippen LogP contribution in [0.1, 0.15) is 22.3 Å². The first kappa shape index (κ1) is 15.5. The van der Waals surface area contributed by atoms with Gasteiger partial charge in [0, 0.05) is 5.46 Å². The van der Waals surface area contributed by atoms with Crippen molar-refractivity contribution in [2.75, 3.05) is 0 Å². The highest BCUT2D eigenvalue weighted by atomic mass is 19.1. The van der Waals surface area contributed by atoms with Crippen molar-refractivity contribution in [3.8, 4) is 5.75 Å². The molecule has 0 amide bonds. The van der Waals surface area contributed by atoms with Crippen LogP contribution < -0.4 is 10.2 Å². The van der Waals surface area contributed by atoms with Gasteiger partial charge in [0.15, 0.2) is 0 Å². The molecule has 5 heteroatoms.